The summed E-state index contributed by atoms with van der Waals surface area (Å²) in [6.45, 7) is 2.80. The number of β-amino-alcohol motifs (C(OH)–C–C–N with tert-alkyl or cyclic N) is 1. The van der Waals surface area contributed by atoms with Gasteiger partial charge in [0.2, 0.25) is 0 Å². The van der Waals surface area contributed by atoms with E-state index in [9.17, 15) is 9.90 Å². The molecule has 27 heavy (non-hydrogen) atoms. The lowest BCUT2D eigenvalue weighted by atomic mass is 10.1. The van der Waals surface area contributed by atoms with Crippen molar-refractivity contribution < 1.29 is 19.4 Å². The van der Waals surface area contributed by atoms with Crippen LogP contribution in [0.15, 0.2) is 23.6 Å². The Morgan fingerprint density at radius 2 is 2.04 bits per heavy atom. The summed E-state index contributed by atoms with van der Waals surface area (Å²) >= 11 is 1.41. The number of hydrogen-bond acceptors (Lipinski definition) is 7. The van der Waals surface area contributed by atoms with Gasteiger partial charge in [-0.05, 0) is 18.2 Å². The molecular weight excluding hydrogens is 413 g/mol. The summed E-state index contributed by atoms with van der Waals surface area (Å²) in [7, 11) is 0. The van der Waals surface area contributed by atoms with Crippen LogP contribution in [0.3, 0.4) is 0 Å². The molecule has 2 aliphatic rings. The van der Waals surface area contributed by atoms with Crippen molar-refractivity contribution in [1.29, 1.82) is 0 Å². The Kier molecular flexibility index (Phi) is 7.69. The third kappa shape index (κ3) is 4.83. The lowest BCUT2D eigenvalue weighted by molar-refractivity contribution is 0.0923. The Bertz CT molecular complexity index is 789. The highest BCUT2D eigenvalue weighted by atomic mass is 35.5. The topological polar surface area (TPSA) is 92.7 Å². The van der Waals surface area contributed by atoms with Gasteiger partial charge >= 0.3 is 0 Å². The molecule has 2 aromatic rings. The zero-order valence-corrected chi connectivity index (χ0v) is 16.8. The fraction of sp³-hybridized carbons (Fsp3) is 0.412. The second kappa shape index (κ2) is 9.57. The van der Waals surface area contributed by atoms with Gasteiger partial charge in [-0.2, -0.15) is 0 Å². The Morgan fingerprint density at radius 3 is 2.78 bits per heavy atom. The van der Waals surface area contributed by atoms with Crippen LogP contribution in [0.25, 0.3) is 10.6 Å². The number of fused-ring (bicyclic) bond motifs is 1. The summed E-state index contributed by atoms with van der Waals surface area (Å²) in [5.41, 5.74) is 1.28. The number of carbonyl (C=O) groups excluding carboxylic acids is 1. The first-order chi connectivity index (χ1) is 12.2. The van der Waals surface area contributed by atoms with E-state index in [2.05, 4.69) is 15.6 Å². The molecule has 0 saturated carbocycles. The van der Waals surface area contributed by atoms with Gasteiger partial charge in [0.1, 0.15) is 23.9 Å². The van der Waals surface area contributed by atoms with E-state index in [0.717, 1.165) is 16.3 Å². The van der Waals surface area contributed by atoms with Crippen molar-refractivity contribution in [3.8, 4) is 22.1 Å². The fourth-order valence-electron chi connectivity index (χ4n) is 2.93. The van der Waals surface area contributed by atoms with Gasteiger partial charge in [-0.3, -0.25) is 4.79 Å². The summed E-state index contributed by atoms with van der Waals surface area (Å²) in [4.78, 5) is 16.7. The number of halogens is 2. The summed E-state index contributed by atoms with van der Waals surface area (Å²) in [6.07, 6.45) is -0.413. The minimum absolute atomic E-state index is 0. The van der Waals surface area contributed by atoms with E-state index >= 15 is 0 Å². The zero-order valence-electron chi connectivity index (χ0n) is 14.3. The van der Waals surface area contributed by atoms with E-state index < -0.39 is 6.10 Å². The van der Waals surface area contributed by atoms with E-state index in [4.69, 9.17) is 9.47 Å². The van der Waals surface area contributed by atoms with E-state index in [1.165, 1.54) is 11.3 Å². The van der Waals surface area contributed by atoms with E-state index in [-0.39, 0.29) is 36.6 Å². The number of nitrogens with one attached hydrogen (secondary N) is 2. The first-order valence-corrected chi connectivity index (χ1v) is 9.11. The van der Waals surface area contributed by atoms with E-state index in [1.807, 2.05) is 18.2 Å². The van der Waals surface area contributed by atoms with Gasteiger partial charge in [0.25, 0.3) is 5.91 Å². The number of aliphatic hydroxyl groups excluding tert-OH is 1. The molecule has 1 fully saturated rings. The summed E-state index contributed by atoms with van der Waals surface area (Å²) < 4.78 is 11.1. The lowest BCUT2D eigenvalue weighted by Crippen LogP contribution is -2.34. The standard InChI is InChI=1S/C17H19N3O4S.2ClH/c21-13-8-18-6-11(13)7-19-16(22)12-9-25-17(20-12)10-1-2-14-15(5-10)24-4-3-23-14;;/h1-2,5,9,11,13,18,21H,3-4,6-8H2,(H,19,22);2*1H. The first kappa shape index (κ1) is 21.7. The van der Waals surface area contributed by atoms with Gasteiger partial charge in [0.15, 0.2) is 11.5 Å². The summed E-state index contributed by atoms with van der Waals surface area (Å²) in [5, 5.41) is 18.2. The second-order valence-corrected chi connectivity index (χ2v) is 6.95. The molecule has 1 saturated heterocycles. The molecule has 148 valence electrons. The number of rotatable bonds is 4. The molecule has 2 atom stereocenters. The Hall–Kier alpha value is -1.58. The number of amides is 1. The highest BCUT2D eigenvalue weighted by Crippen LogP contribution is 2.35. The van der Waals surface area contributed by atoms with Crippen molar-refractivity contribution in [3.05, 3.63) is 29.3 Å². The van der Waals surface area contributed by atoms with Crippen LogP contribution in [0.5, 0.6) is 11.5 Å². The SMILES string of the molecule is Cl.Cl.O=C(NCC1CNCC1O)c1csc(-c2ccc3c(c2)OCCO3)n1. The number of nitrogens with zero attached hydrogens (tertiary/aromatic N) is 1. The second-order valence-electron chi connectivity index (χ2n) is 6.09. The van der Waals surface area contributed by atoms with Crippen molar-refractivity contribution in [2.24, 2.45) is 5.92 Å². The number of carbonyl (C=O) groups is 1. The largest absolute Gasteiger partial charge is 0.486 e. The molecule has 1 aromatic heterocycles. The minimum atomic E-state index is -0.413. The highest BCUT2D eigenvalue weighted by Gasteiger charge is 2.25. The van der Waals surface area contributed by atoms with Gasteiger partial charge < -0.3 is 25.2 Å². The van der Waals surface area contributed by atoms with Crippen LogP contribution in [0.2, 0.25) is 0 Å². The van der Waals surface area contributed by atoms with Crippen LogP contribution >= 0.6 is 36.2 Å². The van der Waals surface area contributed by atoms with Crippen molar-refractivity contribution in [2.75, 3.05) is 32.8 Å². The number of hydrogen-bond donors (Lipinski definition) is 3. The Morgan fingerprint density at radius 1 is 1.26 bits per heavy atom. The molecule has 4 rings (SSSR count). The summed E-state index contributed by atoms with van der Waals surface area (Å²) in [5.74, 6) is 1.25. The molecule has 1 aromatic carbocycles. The van der Waals surface area contributed by atoms with Crippen molar-refractivity contribution in [3.63, 3.8) is 0 Å². The monoisotopic (exact) mass is 433 g/mol. The van der Waals surface area contributed by atoms with Gasteiger partial charge in [0, 0.05) is 36.5 Å². The summed E-state index contributed by atoms with van der Waals surface area (Å²) in [6, 6.07) is 5.66. The van der Waals surface area contributed by atoms with Gasteiger partial charge in [-0.1, -0.05) is 0 Å². The highest BCUT2D eigenvalue weighted by molar-refractivity contribution is 7.13. The Balaban J connectivity index is 0.00000131. The molecule has 0 radical (unpaired) electrons. The Labute approximate surface area is 173 Å². The number of aromatic nitrogens is 1. The quantitative estimate of drug-likeness (QED) is 0.679. The maximum atomic E-state index is 12.3. The molecule has 3 heterocycles. The number of aliphatic hydroxyl groups is 1. The lowest BCUT2D eigenvalue weighted by Gasteiger charge is -2.18. The maximum Gasteiger partial charge on any atom is 0.270 e. The molecule has 7 nitrogen and oxygen atoms in total. The first-order valence-electron chi connectivity index (χ1n) is 8.23. The van der Waals surface area contributed by atoms with Crippen molar-refractivity contribution >= 4 is 42.1 Å². The van der Waals surface area contributed by atoms with Gasteiger partial charge in [0.05, 0.1) is 6.10 Å². The number of thiazole rings is 1. The number of benzene rings is 1. The van der Waals surface area contributed by atoms with Crippen LogP contribution in [0.4, 0.5) is 0 Å². The van der Waals surface area contributed by atoms with Crippen molar-refractivity contribution in [2.45, 2.75) is 6.10 Å². The molecular formula is C17H21Cl2N3O4S. The zero-order chi connectivity index (χ0) is 17.2. The van der Waals surface area contributed by atoms with Crippen LogP contribution < -0.4 is 20.1 Å². The normalized spacial score (nSPS) is 20.3. The average molecular weight is 434 g/mol. The van der Waals surface area contributed by atoms with E-state index in [0.29, 0.717) is 44.3 Å². The van der Waals surface area contributed by atoms with Gasteiger partial charge in [-0.25, -0.2) is 4.98 Å². The van der Waals surface area contributed by atoms with Crippen LogP contribution in [0.1, 0.15) is 10.5 Å². The molecule has 0 spiro atoms. The molecule has 2 unspecified atom stereocenters. The van der Waals surface area contributed by atoms with Crippen LogP contribution in [0, 0.1) is 5.92 Å². The third-order valence-corrected chi connectivity index (χ3v) is 5.25. The smallest absolute Gasteiger partial charge is 0.270 e. The number of ether oxygens (including phenoxy) is 2. The minimum Gasteiger partial charge on any atom is -0.486 e. The third-order valence-electron chi connectivity index (χ3n) is 4.35. The molecule has 2 aliphatic heterocycles. The molecule has 0 aliphatic carbocycles. The average Bonchev–Trinajstić information content (AvgIpc) is 3.28. The van der Waals surface area contributed by atoms with Crippen molar-refractivity contribution in [1.82, 2.24) is 15.6 Å². The predicted octanol–water partition coefficient (Wildman–Crippen LogP) is 1.73. The molecule has 1 amide bonds. The van der Waals surface area contributed by atoms with Gasteiger partial charge in [-0.15, -0.1) is 36.2 Å². The van der Waals surface area contributed by atoms with E-state index in [1.54, 1.807) is 5.38 Å². The van der Waals surface area contributed by atoms with Crippen LogP contribution in [-0.2, 0) is 0 Å². The van der Waals surface area contributed by atoms with Crippen LogP contribution in [-0.4, -0.2) is 54.9 Å². The predicted molar refractivity (Wildman–Crippen MR) is 108 cm³/mol. The molecule has 3 N–H and O–H groups in total. The fourth-order valence-corrected chi connectivity index (χ4v) is 3.73. The maximum absolute atomic E-state index is 12.3. The molecule has 0 bridgehead atoms. The molecule has 10 heteroatoms.